The van der Waals surface area contributed by atoms with E-state index in [4.69, 9.17) is 5.26 Å². The summed E-state index contributed by atoms with van der Waals surface area (Å²) in [5.41, 5.74) is 3.91. The Hall–Kier alpha value is -3.53. The minimum Gasteiger partial charge on any atom is -0.267 e. The van der Waals surface area contributed by atoms with Crippen LogP contribution in [0.4, 0.5) is 4.39 Å². The lowest BCUT2D eigenvalue weighted by molar-refractivity contribution is 0.627. The van der Waals surface area contributed by atoms with Crippen molar-refractivity contribution in [1.29, 1.82) is 5.26 Å². The average Bonchev–Trinajstić information content (AvgIpc) is 2.90. The summed E-state index contributed by atoms with van der Waals surface area (Å²) in [6.07, 6.45) is 3.57. The molecule has 0 radical (unpaired) electrons. The number of aryl methyl sites for hydroxylation is 1. The maximum atomic E-state index is 13.1. The van der Waals surface area contributed by atoms with Gasteiger partial charge in [0.2, 0.25) is 0 Å². The van der Waals surface area contributed by atoms with E-state index in [1.807, 2.05) is 26.0 Å². The third-order valence-electron chi connectivity index (χ3n) is 4.20. The number of nitrogens with one attached hydrogen (secondary N) is 1. The van der Waals surface area contributed by atoms with E-state index < -0.39 is 5.56 Å². The summed E-state index contributed by atoms with van der Waals surface area (Å²) in [5, 5.41) is 19.9. The Morgan fingerprint density at radius 2 is 1.88 bits per heavy atom. The number of rotatable bonds is 3. The Bertz CT molecular complexity index is 1100. The minimum atomic E-state index is -0.501. The van der Waals surface area contributed by atoms with Crippen LogP contribution in [-0.4, -0.2) is 20.0 Å². The number of nitrogens with zero attached hydrogens (tertiary/aromatic N) is 4. The van der Waals surface area contributed by atoms with Gasteiger partial charge >= 0.3 is 0 Å². The molecule has 6 nitrogen and oxygen atoms in total. The molecule has 0 bridgehead atoms. The van der Waals surface area contributed by atoms with Crippen LogP contribution in [0.3, 0.4) is 0 Å². The molecule has 0 amide bonds. The lowest BCUT2D eigenvalue weighted by atomic mass is 10.1. The van der Waals surface area contributed by atoms with E-state index in [-0.39, 0.29) is 11.4 Å². The Morgan fingerprint density at radius 1 is 1.19 bits per heavy atom. The second-order valence-electron chi connectivity index (χ2n) is 5.86. The highest BCUT2D eigenvalue weighted by atomic mass is 19.1. The number of aromatic amines is 1. The fourth-order valence-electron chi connectivity index (χ4n) is 2.74. The van der Waals surface area contributed by atoms with Crippen LogP contribution in [0.5, 0.6) is 0 Å². The Labute approximate surface area is 149 Å². The fourth-order valence-corrected chi connectivity index (χ4v) is 2.74. The van der Waals surface area contributed by atoms with Gasteiger partial charge in [0.15, 0.2) is 0 Å². The third kappa shape index (κ3) is 3.05. The number of halogens is 1. The monoisotopic (exact) mass is 349 g/mol. The number of nitriles is 1. The van der Waals surface area contributed by atoms with Gasteiger partial charge in [0.25, 0.3) is 5.56 Å². The molecule has 0 aliphatic carbocycles. The van der Waals surface area contributed by atoms with Gasteiger partial charge in [0, 0.05) is 11.3 Å². The quantitative estimate of drug-likeness (QED) is 0.787. The number of benzene rings is 1. The molecule has 3 rings (SSSR count). The predicted octanol–water partition coefficient (Wildman–Crippen LogP) is 3.06. The first kappa shape index (κ1) is 17.3. The lowest BCUT2D eigenvalue weighted by Gasteiger charge is -2.04. The van der Waals surface area contributed by atoms with Gasteiger partial charge in [-0.05, 0) is 62.8 Å². The van der Waals surface area contributed by atoms with Gasteiger partial charge < -0.3 is 0 Å². The molecule has 26 heavy (non-hydrogen) atoms. The highest BCUT2D eigenvalue weighted by Gasteiger charge is 2.12. The molecular weight excluding hydrogens is 333 g/mol. The molecule has 130 valence electrons. The fraction of sp³-hybridized carbons (Fsp3) is 0.158. The first-order chi connectivity index (χ1) is 12.4. The summed E-state index contributed by atoms with van der Waals surface area (Å²) in [6.45, 7) is 5.47. The summed E-state index contributed by atoms with van der Waals surface area (Å²) in [5.74, 6) is -0.302. The Morgan fingerprint density at radius 3 is 2.54 bits per heavy atom. The van der Waals surface area contributed by atoms with Crippen LogP contribution in [0.15, 0.2) is 29.1 Å². The van der Waals surface area contributed by atoms with E-state index >= 15 is 0 Å². The van der Waals surface area contributed by atoms with Crippen LogP contribution >= 0.6 is 0 Å². The first-order valence-corrected chi connectivity index (χ1v) is 7.92. The molecule has 0 spiro atoms. The standard InChI is InChI=1S/C19H16FN5O/c1-11-17(10-21)19(26)23-22-18(11)9-8-16-12(2)24-25(13(16)3)15-6-4-14(20)5-7-15/h4-9H,1-3H3,(H,23,26)/b9-8+. The van der Waals surface area contributed by atoms with Gasteiger partial charge in [0.1, 0.15) is 17.4 Å². The second-order valence-corrected chi connectivity index (χ2v) is 5.86. The second kappa shape index (κ2) is 6.76. The summed E-state index contributed by atoms with van der Waals surface area (Å²) in [6, 6.07) is 7.99. The van der Waals surface area contributed by atoms with Crippen molar-refractivity contribution in [3.63, 3.8) is 0 Å². The third-order valence-corrected chi connectivity index (χ3v) is 4.20. The molecule has 1 aromatic carbocycles. The highest BCUT2D eigenvalue weighted by Crippen LogP contribution is 2.21. The van der Waals surface area contributed by atoms with Crippen LogP contribution in [0.25, 0.3) is 17.8 Å². The summed E-state index contributed by atoms with van der Waals surface area (Å²) >= 11 is 0. The van der Waals surface area contributed by atoms with Gasteiger partial charge in [0.05, 0.1) is 17.1 Å². The zero-order valence-corrected chi connectivity index (χ0v) is 14.5. The normalized spacial score (nSPS) is 11.0. The van der Waals surface area contributed by atoms with Crippen LogP contribution in [-0.2, 0) is 0 Å². The Kier molecular flexibility index (Phi) is 4.50. The number of aromatic nitrogens is 4. The molecule has 2 aromatic heterocycles. The van der Waals surface area contributed by atoms with Crippen molar-refractivity contribution in [2.75, 3.05) is 0 Å². The van der Waals surface area contributed by atoms with Gasteiger partial charge in [-0.2, -0.15) is 15.5 Å². The summed E-state index contributed by atoms with van der Waals surface area (Å²) in [7, 11) is 0. The van der Waals surface area contributed by atoms with Crippen LogP contribution in [0.2, 0.25) is 0 Å². The number of hydrogen-bond acceptors (Lipinski definition) is 4. The van der Waals surface area contributed by atoms with Crippen molar-refractivity contribution in [2.45, 2.75) is 20.8 Å². The Balaban J connectivity index is 2.02. The van der Waals surface area contributed by atoms with E-state index in [1.54, 1.807) is 29.8 Å². The number of hydrogen-bond donors (Lipinski definition) is 1. The van der Waals surface area contributed by atoms with Gasteiger partial charge in [-0.1, -0.05) is 0 Å². The van der Waals surface area contributed by atoms with E-state index in [0.717, 1.165) is 22.6 Å². The molecule has 1 N–H and O–H groups in total. The van der Waals surface area contributed by atoms with E-state index in [1.165, 1.54) is 12.1 Å². The zero-order chi connectivity index (χ0) is 18.8. The summed E-state index contributed by atoms with van der Waals surface area (Å²) in [4.78, 5) is 11.6. The molecule has 0 saturated carbocycles. The molecular formula is C19H16FN5O. The van der Waals surface area contributed by atoms with Gasteiger partial charge in [-0.25, -0.2) is 14.2 Å². The maximum absolute atomic E-state index is 13.1. The zero-order valence-electron chi connectivity index (χ0n) is 14.5. The maximum Gasteiger partial charge on any atom is 0.282 e. The first-order valence-electron chi connectivity index (χ1n) is 7.92. The van der Waals surface area contributed by atoms with Crippen LogP contribution in [0.1, 0.15) is 33.8 Å². The molecule has 0 atom stereocenters. The van der Waals surface area contributed by atoms with Crippen molar-refractivity contribution in [3.05, 3.63) is 74.2 Å². The smallest absolute Gasteiger partial charge is 0.267 e. The largest absolute Gasteiger partial charge is 0.282 e. The highest BCUT2D eigenvalue weighted by molar-refractivity contribution is 5.72. The van der Waals surface area contributed by atoms with Gasteiger partial charge in [-0.15, -0.1) is 0 Å². The molecule has 0 saturated heterocycles. The van der Waals surface area contributed by atoms with Gasteiger partial charge in [-0.3, -0.25) is 4.79 Å². The van der Waals surface area contributed by atoms with E-state index in [0.29, 0.717) is 11.3 Å². The average molecular weight is 349 g/mol. The number of H-pyrrole nitrogens is 1. The molecule has 3 aromatic rings. The van der Waals surface area contributed by atoms with Crippen LogP contribution < -0.4 is 5.56 Å². The van der Waals surface area contributed by atoms with E-state index in [2.05, 4.69) is 15.3 Å². The lowest BCUT2D eigenvalue weighted by Crippen LogP contribution is -2.15. The van der Waals surface area contributed by atoms with E-state index in [9.17, 15) is 9.18 Å². The van der Waals surface area contributed by atoms with Crippen molar-refractivity contribution in [1.82, 2.24) is 20.0 Å². The molecule has 0 fully saturated rings. The SMILES string of the molecule is Cc1nn(-c2ccc(F)cc2)c(C)c1/C=C/c1n[nH]c(=O)c(C#N)c1C. The molecule has 7 heteroatoms. The molecule has 0 unspecified atom stereocenters. The van der Waals surface area contributed by atoms with Crippen molar-refractivity contribution in [3.8, 4) is 11.8 Å². The topological polar surface area (TPSA) is 87.4 Å². The van der Waals surface area contributed by atoms with Crippen molar-refractivity contribution in [2.24, 2.45) is 0 Å². The summed E-state index contributed by atoms with van der Waals surface area (Å²) < 4.78 is 14.9. The molecule has 0 aliphatic heterocycles. The predicted molar refractivity (Wildman–Crippen MR) is 96.2 cm³/mol. The van der Waals surface area contributed by atoms with Crippen LogP contribution in [0, 0.1) is 37.9 Å². The van der Waals surface area contributed by atoms with Crippen molar-refractivity contribution < 1.29 is 4.39 Å². The molecule has 0 aliphatic rings. The van der Waals surface area contributed by atoms with Crippen molar-refractivity contribution >= 4 is 12.2 Å². The minimum absolute atomic E-state index is 0.0510. The molecule has 2 heterocycles.